The fraction of sp³-hybridized carbons (Fsp3) is 0.400. The Hall–Kier alpha value is -1.77. The summed E-state index contributed by atoms with van der Waals surface area (Å²) in [5, 5.41) is 18.4. The van der Waals surface area contributed by atoms with Crippen LogP contribution in [0, 0.1) is 21.4 Å². The van der Waals surface area contributed by atoms with Crippen molar-refractivity contribution < 1.29 is 4.92 Å². The maximum absolute atomic E-state index is 10.1. The van der Waals surface area contributed by atoms with Crippen LogP contribution < -0.4 is 5.73 Å². The highest BCUT2D eigenvalue weighted by atomic mass is 16.6. The topological polar surface area (TPSA) is 96.2 Å². The van der Waals surface area contributed by atoms with E-state index in [4.69, 9.17) is 11.0 Å². The van der Waals surface area contributed by atoms with Crippen molar-refractivity contribution in [2.45, 2.75) is 0 Å². The molecule has 0 aliphatic rings. The van der Waals surface area contributed by atoms with Crippen LogP contribution in [0.15, 0.2) is 11.5 Å². The lowest BCUT2D eigenvalue weighted by atomic mass is 10.4. The summed E-state index contributed by atoms with van der Waals surface area (Å²) in [6.45, 7) is 0. The van der Waals surface area contributed by atoms with Crippen LogP contribution in [0.1, 0.15) is 0 Å². The summed E-state index contributed by atoms with van der Waals surface area (Å²) in [6, 6.07) is 1.40. The number of hydrogen-bond donors (Lipinski definition) is 1. The molecule has 11 heavy (non-hydrogen) atoms. The third kappa shape index (κ3) is 2.14. The number of nitrogens with two attached hydrogens (primary N) is 1. The number of nitrogens with zero attached hydrogens (tertiary/aromatic N) is 3. The summed E-state index contributed by atoms with van der Waals surface area (Å²) in [5.74, 6) is -0.141. The largest absolute Gasteiger partial charge is 0.385 e. The lowest BCUT2D eigenvalue weighted by Crippen LogP contribution is -2.22. The van der Waals surface area contributed by atoms with Gasteiger partial charge in [0, 0.05) is 14.1 Å². The van der Waals surface area contributed by atoms with Crippen molar-refractivity contribution in [3.05, 3.63) is 21.6 Å². The summed E-state index contributed by atoms with van der Waals surface area (Å²) < 4.78 is 0. The zero-order valence-electron chi connectivity index (χ0n) is 6.24. The molecule has 0 fully saturated rings. The van der Waals surface area contributed by atoms with Gasteiger partial charge in [0.2, 0.25) is 0 Å². The van der Waals surface area contributed by atoms with Crippen molar-refractivity contribution in [1.82, 2.24) is 4.90 Å². The molecule has 6 nitrogen and oxygen atoms in total. The Morgan fingerprint density at radius 3 is 2.27 bits per heavy atom. The third-order valence-electron chi connectivity index (χ3n) is 1.01. The van der Waals surface area contributed by atoms with E-state index in [9.17, 15) is 10.1 Å². The predicted molar refractivity (Wildman–Crippen MR) is 37.5 cm³/mol. The summed E-state index contributed by atoms with van der Waals surface area (Å²) in [4.78, 5) is 10.6. The predicted octanol–water partition coefficient (Wildman–Crippen LogP) is -0.524. The standard InChI is InChI=1S/C5H8N4O2/c1-8(2)5(7)4(3-6)9(10)11/h7H2,1-2H3. The molecule has 0 amide bonds. The average molecular weight is 156 g/mol. The van der Waals surface area contributed by atoms with Crippen LogP contribution in [-0.2, 0) is 0 Å². The maximum atomic E-state index is 10.1. The Balaban J connectivity index is 4.88. The van der Waals surface area contributed by atoms with Crippen molar-refractivity contribution in [2.24, 2.45) is 5.73 Å². The number of hydrogen-bond acceptors (Lipinski definition) is 5. The molecule has 0 unspecified atom stereocenters. The first-order valence-electron chi connectivity index (χ1n) is 2.72. The molecular formula is C5H8N4O2. The molecular weight excluding hydrogens is 148 g/mol. The first-order chi connectivity index (χ1) is 5.00. The van der Waals surface area contributed by atoms with Gasteiger partial charge < -0.3 is 10.6 Å². The minimum absolute atomic E-state index is 0.141. The van der Waals surface area contributed by atoms with Crippen LogP contribution in [0.4, 0.5) is 0 Å². The Morgan fingerprint density at radius 1 is 1.73 bits per heavy atom. The molecule has 0 aliphatic carbocycles. The van der Waals surface area contributed by atoms with Gasteiger partial charge in [-0.2, -0.15) is 5.26 Å². The Labute approximate surface area is 63.7 Å². The fourth-order valence-corrected chi connectivity index (χ4v) is 0.403. The van der Waals surface area contributed by atoms with Crippen LogP contribution in [0.5, 0.6) is 0 Å². The zero-order chi connectivity index (χ0) is 9.02. The molecule has 0 rings (SSSR count). The SMILES string of the molecule is CN(C)C(N)=C(C#N)[N+](=O)[O-]. The zero-order valence-corrected chi connectivity index (χ0v) is 6.24. The van der Waals surface area contributed by atoms with Crippen molar-refractivity contribution in [1.29, 1.82) is 5.26 Å². The molecule has 0 aliphatic heterocycles. The highest BCUT2D eigenvalue weighted by Gasteiger charge is 2.16. The molecule has 0 atom stereocenters. The fourth-order valence-electron chi connectivity index (χ4n) is 0.403. The number of nitro groups is 1. The second kappa shape index (κ2) is 3.41. The summed E-state index contributed by atoms with van der Waals surface area (Å²) in [6.07, 6.45) is 0. The van der Waals surface area contributed by atoms with Crippen LogP contribution in [0.2, 0.25) is 0 Å². The molecule has 0 aromatic carbocycles. The minimum atomic E-state index is -0.810. The van der Waals surface area contributed by atoms with E-state index in [1.165, 1.54) is 25.1 Å². The quantitative estimate of drug-likeness (QED) is 0.329. The lowest BCUT2D eigenvalue weighted by Gasteiger charge is -2.09. The van der Waals surface area contributed by atoms with Crippen molar-refractivity contribution in [2.75, 3.05) is 14.1 Å². The Kier molecular flexibility index (Phi) is 2.86. The van der Waals surface area contributed by atoms with Crippen LogP contribution >= 0.6 is 0 Å². The van der Waals surface area contributed by atoms with E-state index in [0.717, 1.165) is 0 Å². The molecule has 0 heterocycles. The molecule has 2 N–H and O–H groups in total. The molecule has 0 aromatic rings. The molecule has 0 aromatic heterocycles. The minimum Gasteiger partial charge on any atom is -0.379 e. The van der Waals surface area contributed by atoms with E-state index >= 15 is 0 Å². The van der Waals surface area contributed by atoms with Gasteiger partial charge in [-0.3, -0.25) is 10.1 Å². The average Bonchev–Trinajstić information content (AvgIpc) is 1.88. The normalized spacial score (nSPS) is 11.4. The van der Waals surface area contributed by atoms with E-state index in [1.54, 1.807) is 0 Å². The van der Waals surface area contributed by atoms with E-state index in [2.05, 4.69) is 0 Å². The van der Waals surface area contributed by atoms with Gasteiger partial charge in [0.05, 0.1) is 4.92 Å². The number of rotatable bonds is 2. The first kappa shape index (κ1) is 9.23. The van der Waals surface area contributed by atoms with Crippen LogP contribution in [-0.4, -0.2) is 23.9 Å². The Morgan fingerprint density at radius 2 is 2.18 bits per heavy atom. The van der Waals surface area contributed by atoms with Crippen LogP contribution in [0.25, 0.3) is 0 Å². The van der Waals surface area contributed by atoms with Gasteiger partial charge in [-0.05, 0) is 0 Å². The summed E-state index contributed by atoms with van der Waals surface area (Å²) in [7, 11) is 3.05. The first-order valence-corrected chi connectivity index (χ1v) is 2.72. The summed E-state index contributed by atoms with van der Waals surface area (Å²) in [5.41, 5.74) is 4.58. The third-order valence-corrected chi connectivity index (χ3v) is 1.01. The molecule has 6 heteroatoms. The molecule has 0 spiro atoms. The molecule has 0 bridgehead atoms. The van der Waals surface area contributed by atoms with E-state index in [0.29, 0.717) is 0 Å². The van der Waals surface area contributed by atoms with Gasteiger partial charge in [0.15, 0.2) is 11.9 Å². The van der Waals surface area contributed by atoms with E-state index in [1.807, 2.05) is 0 Å². The van der Waals surface area contributed by atoms with Gasteiger partial charge in [-0.15, -0.1) is 0 Å². The van der Waals surface area contributed by atoms with Crippen molar-refractivity contribution in [3.63, 3.8) is 0 Å². The molecule has 0 radical (unpaired) electrons. The molecule has 0 saturated heterocycles. The monoisotopic (exact) mass is 156 g/mol. The summed E-state index contributed by atoms with van der Waals surface area (Å²) >= 11 is 0. The van der Waals surface area contributed by atoms with Crippen molar-refractivity contribution in [3.8, 4) is 6.07 Å². The van der Waals surface area contributed by atoms with E-state index in [-0.39, 0.29) is 5.82 Å². The Bertz CT molecular complexity index is 237. The molecule has 0 saturated carbocycles. The van der Waals surface area contributed by atoms with Gasteiger partial charge >= 0.3 is 5.70 Å². The second-order valence-corrected chi connectivity index (χ2v) is 2.00. The van der Waals surface area contributed by atoms with Gasteiger partial charge in [0.25, 0.3) is 0 Å². The number of allylic oxidation sites excluding steroid dienone is 1. The van der Waals surface area contributed by atoms with Gasteiger partial charge in [-0.1, -0.05) is 0 Å². The highest BCUT2D eigenvalue weighted by molar-refractivity contribution is 5.17. The molecule has 60 valence electrons. The van der Waals surface area contributed by atoms with Gasteiger partial charge in [0.1, 0.15) is 0 Å². The number of nitriles is 1. The maximum Gasteiger partial charge on any atom is 0.385 e. The van der Waals surface area contributed by atoms with E-state index < -0.39 is 10.6 Å². The van der Waals surface area contributed by atoms with Gasteiger partial charge in [-0.25, -0.2) is 0 Å². The highest BCUT2D eigenvalue weighted by Crippen LogP contribution is 1.99. The second-order valence-electron chi connectivity index (χ2n) is 2.00. The lowest BCUT2D eigenvalue weighted by molar-refractivity contribution is -0.419. The van der Waals surface area contributed by atoms with Crippen molar-refractivity contribution >= 4 is 0 Å². The smallest absolute Gasteiger partial charge is 0.379 e. The van der Waals surface area contributed by atoms with Crippen LogP contribution in [0.3, 0.4) is 0 Å².